The first-order valence-corrected chi connectivity index (χ1v) is 7.20. The molecule has 1 aliphatic carbocycles. The van der Waals surface area contributed by atoms with Crippen LogP contribution in [-0.2, 0) is 9.53 Å². The second kappa shape index (κ2) is 5.39. The van der Waals surface area contributed by atoms with E-state index >= 15 is 0 Å². The molecule has 0 saturated heterocycles. The molecule has 0 heterocycles. The Bertz CT molecular complexity index is 559. The normalized spacial score (nSPS) is 27.0. The van der Waals surface area contributed by atoms with Crippen LogP contribution < -0.4 is 11.1 Å². The van der Waals surface area contributed by atoms with Crippen LogP contribution in [0.25, 0.3) is 0 Å². The fourth-order valence-electron chi connectivity index (χ4n) is 2.79. The molecular formula is C16H23FN2O2. The number of hydrogen-bond donors (Lipinski definition) is 2. The summed E-state index contributed by atoms with van der Waals surface area (Å²) in [5, 5.41) is 2.62. The van der Waals surface area contributed by atoms with Gasteiger partial charge >= 0.3 is 0 Å². The topological polar surface area (TPSA) is 64.3 Å². The maximum absolute atomic E-state index is 13.7. The molecule has 1 fully saturated rings. The first-order chi connectivity index (χ1) is 9.72. The van der Waals surface area contributed by atoms with Gasteiger partial charge in [-0.15, -0.1) is 0 Å². The summed E-state index contributed by atoms with van der Waals surface area (Å²) in [6, 6.07) is 4.59. The summed E-state index contributed by atoms with van der Waals surface area (Å²) in [6.07, 6.45) is 0.383. The average Bonchev–Trinajstić information content (AvgIpc) is 2.42. The zero-order valence-corrected chi connectivity index (χ0v) is 13.0. The molecule has 1 aromatic carbocycles. The highest BCUT2D eigenvalue weighted by Gasteiger charge is 2.62. The zero-order chi connectivity index (χ0) is 15.8. The number of halogens is 1. The number of nitrogens with two attached hydrogens (primary N) is 1. The van der Waals surface area contributed by atoms with E-state index in [4.69, 9.17) is 10.5 Å². The second-order valence-corrected chi connectivity index (χ2v) is 6.28. The predicted octanol–water partition coefficient (Wildman–Crippen LogP) is 2.61. The smallest absolute Gasteiger partial charge is 0.245 e. The lowest BCUT2D eigenvalue weighted by molar-refractivity contribution is -0.166. The van der Waals surface area contributed by atoms with Crippen molar-refractivity contribution in [3.63, 3.8) is 0 Å². The van der Waals surface area contributed by atoms with Crippen LogP contribution in [0.4, 0.5) is 10.1 Å². The van der Waals surface area contributed by atoms with Crippen LogP contribution in [0.15, 0.2) is 18.2 Å². The van der Waals surface area contributed by atoms with Gasteiger partial charge in [0, 0.05) is 18.4 Å². The van der Waals surface area contributed by atoms with E-state index in [1.807, 2.05) is 27.7 Å². The van der Waals surface area contributed by atoms with Crippen molar-refractivity contribution in [3.05, 3.63) is 29.6 Å². The molecule has 2 rings (SSSR count). The molecule has 0 bridgehead atoms. The molecule has 116 valence electrons. The first-order valence-electron chi connectivity index (χ1n) is 7.20. The van der Waals surface area contributed by atoms with Gasteiger partial charge in [-0.25, -0.2) is 4.39 Å². The van der Waals surface area contributed by atoms with E-state index in [2.05, 4.69) is 5.32 Å². The van der Waals surface area contributed by atoms with E-state index in [0.29, 0.717) is 13.0 Å². The third-order valence-electron chi connectivity index (χ3n) is 4.61. The lowest BCUT2D eigenvalue weighted by atomic mass is 9.54. The van der Waals surface area contributed by atoms with E-state index in [-0.39, 0.29) is 17.7 Å². The molecule has 1 amide bonds. The number of anilines is 1. The second-order valence-electron chi connectivity index (χ2n) is 6.28. The standard InChI is InChI=1S/C16H23FN2O2/c1-5-21-13-9-16(18,15(13,3)4)14(20)19-12-8-10(2)6-7-11(12)17/h6-8,13H,5,9,18H2,1-4H3,(H,19,20). The quantitative estimate of drug-likeness (QED) is 0.897. The summed E-state index contributed by atoms with van der Waals surface area (Å²) in [5.74, 6) is -0.830. The summed E-state index contributed by atoms with van der Waals surface area (Å²) in [6.45, 7) is 8.14. The molecule has 4 nitrogen and oxygen atoms in total. The SMILES string of the molecule is CCOC1CC(N)(C(=O)Nc2cc(C)ccc2F)C1(C)C. The molecule has 5 heteroatoms. The summed E-state index contributed by atoms with van der Waals surface area (Å²) >= 11 is 0. The Morgan fingerprint density at radius 3 is 2.76 bits per heavy atom. The van der Waals surface area contributed by atoms with E-state index in [1.165, 1.54) is 6.07 Å². The van der Waals surface area contributed by atoms with Crippen LogP contribution in [0, 0.1) is 18.2 Å². The van der Waals surface area contributed by atoms with E-state index in [1.54, 1.807) is 12.1 Å². The number of nitrogens with one attached hydrogen (secondary N) is 1. The molecule has 2 atom stereocenters. The number of rotatable bonds is 4. The number of amides is 1. The van der Waals surface area contributed by atoms with Crippen LogP contribution in [0.5, 0.6) is 0 Å². The van der Waals surface area contributed by atoms with Crippen molar-refractivity contribution in [1.29, 1.82) is 0 Å². The van der Waals surface area contributed by atoms with Gasteiger partial charge in [0.15, 0.2) is 0 Å². The summed E-state index contributed by atoms with van der Waals surface area (Å²) in [4.78, 5) is 12.5. The maximum Gasteiger partial charge on any atom is 0.245 e. The minimum atomic E-state index is -1.05. The van der Waals surface area contributed by atoms with Crippen LogP contribution in [0.2, 0.25) is 0 Å². The maximum atomic E-state index is 13.7. The number of carbonyl (C=O) groups is 1. The van der Waals surface area contributed by atoms with Gasteiger partial charge in [0.25, 0.3) is 0 Å². The average molecular weight is 294 g/mol. The monoisotopic (exact) mass is 294 g/mol. The van der Waals surface area contributed by atoms with Crippen molar-refractivity contribution in [2.24, 2.45) is 11.1 Å². The molecule has 0 aliphatic heterocycles. The zero-order valence-electron chi connectivity index (χ0n) is 13.0. The third-order valence-corrected chi connectivity index (χ3v) is 4.61. The molecule has 2 unspecified atom stereocenters. The summed E-state index contributed by atoms with van der Waals surface area (Å²) < 4.78 is 19.3. The Morgan fingerprint density at radius 1 is 1.52 bits per heavy atom. The number of carbonyl (C=O) groups excluding carboxylic acids is 1. The molecule has 1 saturated carbocycles. The molecular weight excluding hydrogens is 271 g/mol. The van der Waals surface area contributed by atoms with E-state index in [0.717, 1.165) is 5.56 Å². The van der Waals surface area contributed by atoms with Gasteiger partial charge in [-0.3, -0.25) is 4.79 Å². The van der Waals surface area contributed by atoms with Crippen LogP contribution in [0.1, 0.15) is 32.8 Å². The summed E-state index contributed by atoms with van der Waals surface area (Å²) in [7, 11) is 0. The highest BCUT2D eigenvalue weighted by atomic mass is 19.1. The number of aryl methyl sites for hydroxylation is 1. The largest absolute Gasteiger partial charge is 0.378 e. The molecule has 3 N–H and O–H groups in total. The van der Waals surface area contributed by atoms with Crippen molar-refractivity contribution in [2.75, 3.05) is 11.9 Å². The Labute approximate surface area is 124 Å². The van der Waals surface area contributed by atoms with E-state index in [9.17, 15) is 9.18 Å². The fraction of sp³-hybridized carbons (Fsp3) is 0.562. The lowest BCUT2D eigenvalue weighted by Gasteiger charge is -2.57. The van der Waals surface area contributed by atoms with Crippen LogP contribution >= 0.6 is 0 Å². The van der Waals surface area contributed by atoms with Gasteiger partial charge in [0.1, 0.15) is 11.4 Å². The Morgan fingerprint density at radius 2 is 2.19 bits per heavy atom. The van der Waals surface area contributed by atoms with Gasteiger partial charge in [-0.1, -0.05) is 19.9 Å². The van der Waals surface area contributed by atoms with Gasteiger partial charge in [-0.2, -0.15) is 0 Å². The third kappa shape index (κ3) is 2.56. The summed E-state index contributed by atoms with van der Waals surface area (Å²) in [5.41, 5.74) is 5.76. The molecule has 0 radical (unpaired) electrons. The van der Waals surface area contributed by atoms with Crippen molar-refractivity contribution < 1.29 is 13.9 Å². The van der Waals surface area contributed by atoms with Crippen LogP contribution in [-0.4, -0.2) is 24.2 Å². The Balaban J connectivity index is 2.16. The predicted molar refractivity (Wildman–Crippen MR) is 80.5 cm³/mol. The first kappa shape index (κ1) is 15.9. The van der Waals surface area contributed by atoms with Gasteiger partial charge < -0.3 is 15.8 Å². The molecule has 0 spiro atoms. The highest BCUT2D eigenvalue weighted by molar-refractivity contribution is 5.99. The van der Waals surface area contributed by atoms with Crippen molar-refractivity contribution in [3.8, 4) is 0 Å². The molecule has 0 aromatic heterocycles. The van der Waals surface area contributed by atoms with E-state index < -0.39 is 16.8 Å². The van der Waals surface area contributed by atoms with Crippen molar-refractivity contribution >= 4 is 11.6 Å². The molecule has 1 aromatic rings. The lowest BCUT2D eigenvalue weighted by Crippen LogP contribution is -2.74. The minimum Gasteiger partial charge on any atom is -0.378 e. The highest BCUT2D eigenvalue weighted by Crippen LogP contribution is 2.50. The Hall–Kier alpha value is -1.46. The van der Waals surface area contributed by atoms with Crippen molar-refractivity contribution in [2.45, 2.75) is 45.8 Å². The number of ether oxygens (including phenoxy) is 1. The van der Waals surface area contributed by atoms with Gasteiger partial charge in [-0.05, 0) is 31.5 Å². The van der Waals surface area contributed by atoms with Crippen LogP contribution in [0.3, 0.4) is 0 Å². The minimum absolute atomic E-state index is 0.0550. The fourth-order valence-corrected chi connectivity index (χ4v) is 2.79. The van der Waals surface area contributed by atoms with Gasteiger partial charge in [0.05, 0.1) is 11.8 Å². The number of hydrogen-bond acceptors (Lipinski definition) is 3. The van der Waals surface area contributed by atoms with Crippen molar-refractivity contribution in [1.82, 2.24) is 0 Å². The van der Waals surface area contributed by atoms with Gasteiger partial charge in [0.2, 0.25) is 5.91 Å². The number of benzene rings is 1. The Kier molecular flexibility index (Phi) is 4.08. The molecule has 1 aliphatic rings. The molecule has 21 heavy (non-hydrogen) atoms.